The molecular formula is C27H24F3N5O5. The Morgan fingerprint density at radius 2 is 1.62 bits per heavy atom. The van der Waals surface area contributed by atoms with Crippen LogP contribution in [0.4, 0.5) is 18.9 Å². The second kappa shape index (κ2) is 14.1. The van der Waals surface area contributed by atoms with Crippen LogP contribution in [-0.4, -0.2) is 52.7 Å². The molecule has 3 rings (SSSR count). The molecule has 3 aromatic carbocycles. The van der Waals surface area contributed by atoms with Gasteiger partial charge in [0.15, 0.2) is 0 Å². The third kappa shape index (κ3) is 9.58. The fraction of sp³-hybridized carbons (Fsp3) is 0.148. The van der Waals surface area contributed by atoms with E-state index in [2.05, 4.69) is 16.7 Å². The Balaban J connectivity index is 0.000000708. The Hall–Kier alpha value is -5.22. The molecule has 0 aliphatic heterocycles. The van der Waals surface area contributed by atoms with Crippen LogP contribution >= 0.6 is 0 Å². The van der Waals surface area contributed by atoms with Gasteiger partial charge in [-0.1, -0.05) is 48.5 Å². The first kappa shape index (κ1) is 31.0. The molecule has 3 aromatic rings. The van der Waals surface area contributed by atoms with E-state index in [-0.39, 0.29) is 18.8 Å². The summed E-state index contributed by atoms with van der Waals surface area (Å²) < 4.78 is 31.7. The van der Waals surface area contributed by atoms with Gasteiger partial charge >= 0.3 is 18.1 Å². The predicted octanol–water partition coefficient (Wildman–Crippen LogP) is 3.37. The molecule has 208 valence electrons. The number of carboxylic acid groups (broad SMARTS) is 2. The van der Waals surface area contributed by atoms with Crippen molar-refractivity contribution >= 4 is 29.4 Å². The number of nitrogens with two attached hydrogens (primary N) is 1. The van der Waals surface area contributed by atoms with Crippen LogP contribution in [0.3, 0.4) is 0 Å². The van der Waals surface area contributed by atoms with E-state index in [9.17, 15) is 28.0 Å². The molecule has 0 bridgehead atoms. The van der Waals surface area contributed by atoms with Gasteiger partial charge in [0.25, 0.3) is 0 Å². The Kier molecular flexibility index (Phi) is 10.9. The average molecular weight is 556 g/mol. The number of aliphatic carboxylic acids is 2. The fourth-order valence-corrected chi connectivity index (χ4v) is 3.36. The van der Waals surface area contributed by atoms with Gasteiger partial charge in [0.1, 0.15) is 5.84 Å². The molecule has 0 unspecified atom stereocenters. The molecule has 0 aliphatic rings. The van der Waals surface area contributed by atoms with E-state index in [0.717, 1.165) is 16.7 Å². The summed E-state index contributed by atoms with van der Waals surface area (Å²) in [5.41, 5.74) is 9.54. The van der Waals surface area contributed by atoms with Crippen LogP contribution in [0.25, 0.3) is 11.1 Å². The largest absolute Gasteiger partial charge is 0.490 e. The van der Waals surface area contributed by atoms with Gasteiger partial charge in [0.05, 0.1) is 24.2 Å². The van der Waals surface area contributed by atoms with Gasteiger partial charge in [0, 0.05) is 11.3 Å². The smallest absolute Gasteiger partial charge is 0.480 e. The van der Waals surface area contributed by atoms with Crippen LogP contribution in [0.1, 0.15) is 16.7 Å². The van der Waals surface area contributed by atoms with Gasteiger partial charge < -0.3 is 21.3 Å². The number of nitriles is 1. The number of nitrogens with zero attached hydrogens (tertiary/aromatic N) is 1. The van der Waals surface area contributed by atoms with Crippen LogP contribution in [0, 0.1) is 16.7 Å². The Morgan fingerprint density at radius 3 is 2.17 bits per heavy atom. The second-order valence-electron chi connectivity index (χ2n) is 8.17. The molecule has 10 nitrogen and oxygen atoms in total. The monoisotopic (exact) mass is 555 g/mol. The summed E-state index contributed by atoms with van der Waals surface area (Å²) in [5, 5.41) is 38.6. The maximum absolute atomic E-state index is 12.9. The van der Waals surface area contributed by atoms with E-state index >= 15 is 0 Å². The van der Waals surface area contributed by atoms with Gasteiger partial charge in [-0.3, -0.25) is 20.3 Å². The SMILES string of the molecule is N#Cc1ccccc1-c1ccc(NC(=O)[C@H](Cc2cccc(C(=N)N)c2)NCC(=O)O)cc1.O=C(O)C(F)(F)F. The molecule has 1 atom stereocenters. The number of nitrogen functional groups attached to an aromatic ring is 1. The molecule has 40 heavy (non-hydrogen) atoms. The number of nitrogens with one attached hydrogen (secondary N) is 3. The number of hydrogen-bond donors (Lipinski definition) is 6. The molecule has 0 saturated heterocycles. The Bertz CT molecular complexity index is 1420. The standard InChI is InChI=1S/C25H23N5O3.C2HF3O2/c26-14-19-5-1-2-7-21(19)17-8-10-20(11-9-17)30-25(33)22(29-15-23(31)32)13-16-4-3-6-18(12-16)24(27)28;3-2(4,5)1(6)7/h1-12,22,29H,13,15H2,(H3,27,28)(H,30,33)(H,31,32);(H,6,7)/t22-;/m0./s1. The number of halogens is 3. The second-order valence-corrected chi connectivity index (χ2v) is 8.17. The van der Waals surface area contributed by atoms with Gasteiger partial charge in [0.2, 0.25) is 5.91 Å². The first-order valence-electron chi connectivity index (χ1n) is 11.4. The summed E-state index contributed by atoms with van der Waals surface area (Å²) in [6.45, 7) is -0.381. The molecule has 0 radical (unpaired) electrons. The number of amides is 1. The highest BCUT2D eigenvalue weighted by Crippen LogP contribution is 2.25. The summed E-state index contributed by atoms with van der Waals surface area (Å²) in [4.78, 5) is 32.9. The van der Waals surface area contributed by atoms with Crippen LogP contribution in [0.5, 0.6) is 0 Å². The lowest BCUT2D eigenvalue weighted by Crippen LogP contribution is -2.44. The summed E-state index contributed by atoms with van der Waals surface area (Å²) in [7, 11) is 0. The lowest BCUT2D eigenvalue weighted by molar-refractivity contribution is -0.192. The zero-order chi connectivity index (χ0) is 29.9. The van der Waals surface area contributed by atoms with E-state index in [1.54, 1.807) is 48.5 Å². The number of hydrogen-bond acceptors (Lipinski definition) is 6. The van der Waals surface area contributed by atoms with Gasteiger partial charge in [-0.05, 0) is 47.4 Å². The molecule has 0 saturated carbocycles. The topological polar surface area (TPSA) is 189 Å². The zero-order valence-corrected chi connectivity index (χ0v) is 20.7. The third-order valence-electron chi connectivity index (χ3n) is 5.25. The number of benzene rings is 3. The molecule has 0 heterocycles. The predicted molar refractivity (Wildman–Crippen MR) is 140 cm³/mol. The van der Waals surface area contributed by atoms with Crippen LogP contribution in [0.2, 0.25) is 0 Å². The maximum Gasteiger partial charge on any atom is 0.490 e. The first-order chi connectivity index (χ1) is 18.8. The van der Waals surface area contributed by atoms with Crippen LogP contribution in [-0.2, 0) is 20.8 Å². The van der Waals surface area contributed by atoms with Crippen molar-refractivity contribution in [2.45, 2.75) is 18.6 Å². The summed E-state index contributed by atoms with van der Waals surface area (Å²) in [6, 6.07) is 22.6. The highest BCUT2D eigenvalue weighted by atomic mass is 19.4. The van der Waals surface area contributed by atoms with E-state index in [4.69, 9.17) is 26.2 Å². The van der Waals surface area contributed by atoms with Crippen molar-refractivity contribution in [3.8, 4) is 17.2 Å². The normalized spacial score (nSPS) is 11.2. The number of carbonyl (C=O) groups excluding carboxylic acids is 1. The number of alkyl halides is 3. The van der Waals surface area contributed by atoms with Gasteiger partial charge in [-0.2, -0.15) is 18.4 Å². The Labute approximate surface area is 226 Å². The minimum absolute atomic E-state index is 0.0885. The average Bonchev–Trinajstić information content (AvgIpc) is 2.91. The third-order valence-corrected chi connectivity index (χ3v) is 5.25. The van der Waals surface area contributed by atoms with E-state index in [0.29, 0.717) is 16.8 Å². The minimum atomic E-state index is -5.08. The van der Waals surface area contributed by atoms with Crippen molar-refractivity contribution in [2.75, 3.05) is 11.9 Å². The number of carbonyl (C=O) groups is 3. The number of carboxylic acids is 2. The lowest BCUT2D eigenvalue weighted by atomic mass is 10.00. The van der Waals surface area contributed by atoms with Crippen molar-refractivity contribution < 1.29 is 37.8 Å². The minimum Gasteiger partial charge on any atom is -0.480 e. The molecule has 0 aromatic heterocycles. The quantitative estimate of drug-likeness (QED) is 0.171. The van der Waals surface area contributed by atoms with Gasteiger partial charge in [-0.15, -0.1) is 0 Å². The lowest BCUT2D eigenvalue weighted by Gasteiger charge is -2.18. The zero-order valence-electron chi connectivity index (χ0n) is 20.7. The number of anilines is 1. The van der Waals surface area contributed by atoms with E-state index in [1.807, 2.05) is 24.3 Å². The van der Waals surface area contributed by atoms with Crippen molar-refractivity contribution in [1.82, 2.24) is 5.32 Å². The van der Waals surface area contributed by atoms with Gasteiger partial charge in [-0.25, -0.2) is 4.79 Å². The molecule has 13 heteroatoms. The molecule has 7 N–H and O–H groups in total. The highest BCUT2D eigenvalue weighted by molar-refractivity contribution is 5.96. The number of rotatable bonds is 9. The Morgan fingerprint density at radius 1 is 1.00 bits per heavy atom. The molecule has 1 amide bonds. The fourth-order valence-electron chi connectivity index (χ4n) is 3.36. The maximum atomic E-state index is 12.9. The van der Waals surface area contributed by atoms with Crippen molar-refractivity contribution in [3.63, 3.8) is 0 Å². The van der Waals surface area contributed by atoms with E-state index < -0.39 is 30.1 Å². The molecule has 0 fully saturated rings. The van der Waals surface area contributed by atoms with Crippen molar-refractivity contribution in [2.24, 2.45) is 5.73 Å². The first-order valence-corrected chi connectivity index (χ1v) is 11.4. The van der Waals surface area contributed by atoms with E-state index in [1.165, 1.54) is 0 Å². The number of amidine groups is 1. The van der Waals surface area contributed by atoms with Crippen molar-refractivity contribution in [3.05, 3.63) is 89.5 Å². The summed E-state index contributed by atoms with van der Waals surface area (Å²) in [6.07, 6.45) is -4.87. The summed E-state index contributed by atoms with van der Waals surface area (Å²) in [5.74, 6) is -4.32. The highest BCUT2D eigenvalue weighted by Gasteiger charge is 2.38. The molecule has 0 spiro atoms. The molecular weight excluding hydrogens is 531 g/mol. The van der Waals surface area contributed by atoms with Crippen LogP contribution < -0.4 is 16.4 Å². The van der Waals surface area contributed by atoms with Crippen LogP contribution in [0.15, 0.2) is 72.8 Å². The summed E-state index contributed by atoms with van der Waals surface area (Å²) >= 11 is 0. The molecule has 0 aliphatic carbocycles. The van der Waals surface area contributed by atoms with Crippen molar-refractivity contribution in [1.29, 1.82) is 10.7 Å².